The van der Waals surface area contributed by atoms with Gasteiger partial charge < -0.3 is 15.4 Å². The van der Waals surface area contributed by atoms with E-state index in [1.165, 1.54) is 11.3 Å². The highest BCUT2D eigenvalue weighted by molar-refractivity contribution is 7.12. The fourth-order valence-electron chi connectivity index (χ4n) is 2.45. The SMILES string of the molecule is CCOC(=O)c1ccc(NC(=O)[C@@H](NC(=O)c2cccs2)[C@@H](C)CC)cc1. The molecule has 2 N–H and O–H groups in total. The largest absolute Gasteiger partial charge is 0.462 e. The average Bonchev–Trinajstić information content (AvgIpc) is 3.21. The molecule has 2 rings (SSSR count). The van der Waals surface area contributed by atoms with E-state index in [0.717, 1.165) is 6.42 Å². The van der Waals surface area contributed by atoms with E-state index in [-0.39, 0.29) is 17.7 Å². The third-order valence-electron chi connectivity index (χ3n) is 4.19. The van der Waals surface area contributed by atoms with E-state index >= 15 is 0 Å². The molecule has 2 atom stereocenters. The van der Waals surface area contributed by atoms with Crippen molar-refractivity contribution in [2.45, 2.75) is 33.2 Å². The van der Waals surface area contributed by atoms with E-state index in [2.05, 4.69) is 10.6 Å². The average molecular weight is 388 g/mol. The highest BCUT2D eigenvalue weighted by atomic mass is 32.1. The van der Waals surface area contributed by atoms with E-state index in [0.29, 0.717) is 22.7 Å². The summed E-state index contributed by atoms with van der Waals surface area (Å²) in [4.78, 5) is 37.3. The smallest absolute Gasteiger partial charge is 0.338 e. The number of amides is 2. The van der Waals surface area contributed by atoms with Gasteiger partial charge in [-0.15, -0.1) is 11.3 Å². The highest BCUT2D eigenvalue weighted by Gasteiger charge is 2.26. The molecule has 0 aliphatic carbocycles. The number of carbonyl (C=O) groups excluding carboxylic acids is 3. The summed E-state index contributed by atoms with van der Waals surface area (Å²) in [5.41, 5.74) is 0.964. The van der Waals surface area contributed by atoms with Crippen LogP contribution in [0.2, 0.25) is 0 Å². The molecule has 1 heterocycles. The molecule has 1 aromatic carbocycles. The number of nitrogens with one attached hydrogen (secondary N) is 2. The van der Waals surface area contributed by atoms with Gasteiger partial charge in [0.15, 0.2) is 0 Å². The number of benzene rings is 1. The Labute approximate surface area is 162 Å². The molecule has 2 amide bonds. The number of hydrogen-bond donors (Lipinski definition) is 2. The Morgan fingerprint density at radius 3 is 2.37 bits per heavy atom. The molecule has 0 radical (unpaired) electrons. The van der Waals surface area contributed by atoms with Gasteiger partial charge in [0.2, 0.25) is 5.91 Å². The van der Waals surface area contributed by atoms with Crippen LogP contribution in [0.3, 0.4) is 0 Å². The fraction of sp³-hybridized carbons (Fsp3) is 0.350. The lowest BCUT2D eigenvalue weighted by atomic mass is 9.98. The number of esters is 1. The number of ether oxygens (including phenoxy) is 1. The fourth-order valence-corrected chi connectivity index (χ4v) is 3.07. The molecule has 6 nitrogen and oxygen atoms in total. The molecule has 1 aromatic heterocycles. The number of thiophene rings is 1. The summed E-state index contributed by atoms with van der Waals surface area (Å²) in [6, 6.07) is 9.32. The predicted octanol–water partition coefficient (Wildman–Crippen LogP) is 3.71. The molecule has 0 fully saturated rings. The topological polar surface area (TPSA) is 84.5 Å². The van der Waals surface area contributed by atoms with Crippen LogP contribution in [0.5, 0.6) is 0 Å². The van der Waals surface area contributed by atoms with Gasteiger partial charge in [0.25, 0.3) is 5.91 Å². The first-order valence-corrected chi connectivity index (χ1v) is 9.76. The maximum absolute atomic E-state index is 12.7. The number of rotatable bonds is 8. The number of anilines is 1. The quantitative estimate of drug-likeness (QED) is 0.675. The lowest BCUT2D eigenvalue weighted by molar-refractivity contribution is -0.119. The molecule has 27 heavy (non-hydrogen) atoms. The predicted molar refractivity (Wildman–Crippen MR) is 106 cm³/mol. The van der Waals surface area contributed by atoms with Crippen LogP contribution in [0.1, 0.15) is 47.2 Å². The summed E-state index contributed by atoms with van der Waals surface area (Å²) >= 11 is 1.33. The van der Waals surface area contributed by atoms with Gasteiger partial charge in [0.05, 0.1) is 17.0 Å². The van der Waals surface area contributed by atoms with E-state index in [1.54, 1.807) is 43.3 Å². The second kappa shape index (κ2) is 9.87. The third kappa shape index (κ3) is 5.65. The lowest BCUT2D eigenvalue weighted by Crippen LogP contribution is -2.47. The normalized spacial score (nSPS) is 12.7. The van der Waals surface area contributed by atoms with Crippen LogP contribution in [0.4, 0.5) is 5.69 Å². The Kier molecular flexibility index (Phi) is 7.55. The summed E-state index contributed by atoms with van der Waals surface area (Å²) in [5, 5.41) is 7.44. The molecule has 2 aromatic rings. The van der Waals surface area contributed by atoms with Crippen molar-refractivity contribution in [2.75, 3.05) is 11.9 Å². The van der Waals surface area contributed by atoms with Gasteiger partial charge in [-0.2, -0.15) is 0 Å². The van der Waals surface area contributed by atoms with Crippen LogP contribution in [0, 0.1) is 5.92 Å². The molecule has 0 saturated carbocycles. The first-order chi connectivity index (χ1) is 13.0. The molecule has 144 valence electrons. The molecule has 0 bridgehead atoms. The minimum atomic E-state index is -0.658. The molecule has 7 heteroatoms. The van der Waals surface area contributed by atoms with Gasteiger partial charge in [-0.05, 0) is 48.6 Å². The van der Waals surface area contributed by atoms with Crippen LogP contribution in [-0.4, -0.2) is 30.4 Å². The summed E-state index contributed by atoms with van der Waals surface area (Å²) < 4.78 is 4.94. The molecule has 0 saturated heterocycles. The first-order valence-electron chi connectivity index (χ1n) is 8.88. The van der Waals surface area contributed by atoms with Crippen LogP contribution >= 0.6 is 11.3 Å². The maximum atomic E-state index is 12.7. The number of hydrogen-bond acceptors (Lipinski definition) is 5. The van der Waals surface area contributed by atoms with Crippen molar-refractivity contribution in [2.24, 2.45) is 5.92 Å². The van der Waals surface area contributed by atoms with Crippen molar-refractivity contribution in [3.8, 4) is 0 Å². The summed E-state index contributed by atoms with van der Waals surface area (Å²) in [7, 11) is 0. The van der Waals surface area contributed by atoms with Crippen molar-refractivity contribution in [3.05, 3.63) is 52.2 Å². The maximum Gasteiger partial charge on any atom is 0.338 e. The van der Waals surface area contributed by atoms with E-state index < -0.39 is 12.0 Å². The molecular weight excluding hydrogens is 364 g/mol. The second-order valence-electron chi connectivity index (χ2n) is 6.10. The standard InChI is InChI=1S/C20H24N2O4S/c1-4-13(3)17(22-18(23)16-7-6-12-27-16)19(24)21-15-10-8-14(9-11-15)20(25)26-5-2/h6-13,17H,4-5H2,1-3H3,(H,21,24)(H,22,23)/t13-,17-/m0/s1. The Hall–Kier alpha value is -2.67. The highest BCUT2D eigenvalue weighted by Crippen LogP contribution is 2.16. The van der Waals surface area contributed by atoms with Gasteiger partial charge >= 0.3 is 5.97 Å². The van der Waals surface area contributed by atoms with Crippen molar-refractivity contribution < 1.29 is 19.1 Å². The van der Waals surface area contributed by atoms with Gasteiger partial charge in [-0.25, -0.2) is 4.79 Å². The Morgan fingerprint density at radius 2 is 1.81 bits per heavy atom. The van der Waals surface area contributed by atoms with Crippen molar-refractivity contribution in [3.63, 3.8) is 0 Å². The van der Waals surface area contributed by atoms with Gasteiger partial charge in [-0.1, -0.05) is 26.3 Å². The second-order valence-corrected chi connectivity index (χ2v) is 7.05. The molecule has 0 aliphatic rings. The summed E-state index contributed by atoms with van der Waals surface area (Å²) in [6.45, 7) is 5.93. The zero-order valence-electron chi connectivity index (χ0n) is 15.7. The first kappa shape index (κ1) is 20.6. The molecular formula is C20H24N2O4S. The van der Waals surface area contributed by atoms with Crippen LogP contribution in [0.25, 0.3) is 0 Å². The van der Waals surface area contributed by atoms with E-state index in [4.69, 9.17) is 4.74 Å². The molecule has 0 aliphatic heterocycles. The van der Waals surface area contributed by atoms with Crippen LogP contribution in [0.15, 0.2) is 41.8 Å². The van der Waals surface area contributed by atoms with E-state index in [1.807, 2.05) is 19.2 Å². The van der Waals surface area contributed by atoms with Gasteiger partial charge in [-0.3, -0.25) is 9.59 Å². The van der Waals surface area contributed by atoms with E-state index in [9.17, 15) is 14.4 Å². The molecule has 0 spiro atoms. The number of carbonyl (C=O) groups is 3. The minimum Gasteiger partial charge on any atom is -0.462 e. The zero-order chi connectivity index (χ0) is 19.8. The van der Waals surface area contributed by atoms with Gasteiger partial charge in [0.1, 0.15) is 6.04 Å². The minimum absolute atomic E-state index is 0.0345. The van der Waals surface area contributed by atoms with Crippen molar-refractivity contribution in [1.82, 2.24) is 5.32 Å². The molecule has 0 unspecified atom stereocenters. The Balaban J connectivity index is 2.07. The van der Waals surface area contributed by atoms with Crippen LogP contribution < -0.4 is 10.6 Å². The van der Waals surface area contributed by atoms with Gasteiger partial charge in [0, 0.05) is 5.69 Å². The summed E-state index contributed by atoms with van der Waals surface area (Å²) in [5.74, 6) is -0.995. The van der Waals surface area contributed by atoms with Crippen molar-refractivity contribution >= 4 is 34.8 Å². The Bertz CT molecular complexity index is 772. The van der Waals surface area contributed by atoms with Crippen LogP contribution in [-0.2, 0) is 9.53 Å². The summed E-state index contributed by atoms with van der Waals surface area (Å²) in [6.07, 6.45) is 0.741. The monoisotopic (exact) mass is 388 g/mol. The Morgan fingerprint density at radius 1 is 1.11 bits per heavy atom. The third-order valence-corrected chi connectivity index (χ3v) is 5.06. The zero-order valence-corrected chi connectivity index (χ0v) is 16.5. The van der Waals surface area contributed by atoms with Crippen molar-refractivity contribution in [1.29, 1.82) is 0 Å². The lowest BCUT2D eigenvalue weighted by Gasteiger charge is -2.23.